The Morgan fingerprint density at radius 1 is 1.45 bits per heavy atom. The van der Waals surface area contributed by atoms with E-state index < -0.39 is 5.97 Å². The number of carbonyl (C=O) groups excluding carboxylic acids is 1. The standard InChI is InChI=1S/C16H19NO3/c1-4-5-8-20-16(18)14(11-17)10-13-9-12(2)6-7-15(13)19-3/h6-7,9-10H,4-5,8H2,1-3H3/b14-10+. The van der Waals surface area contributed by atoms with Crippen LogP contribution < -0.4 is 4.74 Å². The summed E-state index contributed by atoms with van der Waals surface area (Å²) in [7, 11) is 1.55. The minimum Gasteiger partial charge on any atom is -0.496 e. The van der Waals surface area contributed by atoms with Gasteiger partial charge in [-0.2, -0.15) is 5.26 Å². The molecule has 0 aliphatic heterocycles. The number of rotatable bonds is 6. The van der Waals surface area contributed by atoms with E-state index in [1.807, 2.05) is 32.0 Å². The van der Waals surface area contributed by atoms with Crippen molar-refractivity contribution in [2.45, 2.75) is 26.7 Å². The Morgan fingerprint density at radius 2 is 2.20 bits per heavy atom. The van der Waals surface area contributed by atoms with E-state index in [-0.39, 0.29) is 5.57 Å². The highest BCUT2D eigenvalue weighted by molar-refractivity contribution is 5.98. The maximum absolute atomic E-state index is 11.8. The van der Waals surface area contributed by atoms with Gasteiger partial charge >= 0.3 is 5.97 Å². The average molecular weight is 273 g/mol. The highest BCUT2D eigenvalue weighted by atomic mass is 16.5. The van der Waals surface area contributed by atoms with Crippen LogP contribution in [-0.2, 0) is 9.53 Å². The molecule has 0 N–H and O–H groups in total. The molecule has 0 saturated carbocycles. The maximum atomic E-state index is 11.8. The monoisotopic (exact) mass is 273 g/mol. The highest BCUT2D eigenvalue weighted by Crippen LogP contribution is 2.22. The van der Waals surface area contributed by atoms with Crippen LogP contribution in [0.25, 0.3) is 6.08 Å². The molecular weight excluding hydrogens is 254 g/mol. The van der Waals surface area contributed by atoms with Crippen molar-refractivity contribution < 1.29 is 14.3 Å². The van der Waals surface area contributed by atoms with Crippen molar-refractivity contribution in [2.75, 3.05) is 13.7 Å². The average Bonchev–Trinajstić information content (AvgIpc) is 2.45. The maximum Gasteiger partial charge on any atom is 0.348 e. The predicted molar refractivity (Wildman–Crippen MR) is 77.2 cm³/mol. The number of nitriles is 1. The van der Waals surface area contributed by atoms with Crippen LogP contribution in [0.15, 0.2) is 23.8 Å². The lowest BCUT2D eigenvalue weighted by Crippen LogP contribution is -2.08. The second-order valence-corrected chi connectivity index (χ2v) is 4.40. The summed E-state index contributed by atoms with van der Waals surface area (Å²) in [4.78, 5) is 11.8. The van der Waals surface area contributed by atoms with Gasteiger partial charge in [0.05, 0.1) is 13.7 Å². The van der Waals surface area contributed by atoms with Gasteiger partial charge in [0, 0.05) is 5.56 Å². The van der Waals surface area contributed by atoms with Crippen molar-refractivity contribution in [2.24, 2.45) is 0 Å². The predicted octanol–water partition coefficient (Wildman–Crippen LogP) is 3.25. The zero-order chi connectivity index (χ0) is 15.0. The van der Waals surface area contributed by atoms with Gasteiger partial charge < -0.3 is 9.47 Å². The lowest BCUT2D eigenvalue weighted by atomic mass is 10.1. The minimum atomic E-state index is -0.593. The molecule has 4 nitrogen and oxygen atoms in total. The number of hydrogen-bond acceptors (Lipinski definition) is 4. The van der Waals surface area contributed by atoms with E-state index in [9.17, 15) is 4.79 Å². The first-order valence-electron chi connectivity index (χ1n) is 6.56. The Morgan fingerprint density at radius 3 is 2.80 bits per heavy atom. The summed E-state index contributed by atoms with van der Waals surface area (Å²) in [5.41, 5.74) is 1.69. The van der Waals surface area contributed by atoms with E-state index in [0.717, 1.165) is 18.4 Å². The molecule has 1 aromatic rings. The van der Waals surface area contributed by atoms with Crippen molar-refractivity contribution in [3.8, 4) is 11.8 Å². The summed E-state index contributed by atoms with van der Waals surface area (Å²) >= 11 is 0. The molecule has 0 spiro atoms. The Hall–Kier alpha value is -2.28. The molecule has 1 aromatic carbocycles. The molecule has 0 heterocycles. The van der Waals surface area contributed by atoms with Gasteiger partial charge in [0.1, 0.15) is 17.4 Å². The summed E-state index contributed by atoms with van der Waals surface area (Å²) in [6.07, 6.45) is 3.23. The summed E-state index contributed by atoms with van der Waals surface area (Å²) in [6, 6.07) is 7.44. The number of ether oxygens (including phenoxy) is 2. The normalized spacial score (nSPS) is 10.8. The van der Waals surface area contributed by atoms with E-state index in [0.29, 0.717) is 17.9 Å². The molecule has 0 radical (unpaired) electrons. The number of hydrogen-bond donors (Lipinski definition) is 0. The van der Waals surface area contributed by atoms with Crippen LogP contribution in [0.5, 0.6) is 5.75 Å². The van der Waals surface area contributed by atoms with Gasteiger partial charge in [0.25, 0.3) is 0 Å². The first-order valence-corrected chi connectivity index (χ1v) is 6.56. The van der Waals surface area contributed by atoms with Gasteiger partial charge in [-0.3, -0.25) is 0 Å². The number of benzene rings is 1. The van der Waals surface area contributed by atoms with Gasteiger partial charge in [-0.25, -0.2) is 4.79 Å². The highest BCUT2D eigenvalue weighted by Gasteiger charge is 2.12. The molecule has 0 saturated heterocycles. The Labute approximate surface area is 119 Å². The fraction of sp³-hybridized carbons (Fsp3) is 0.375. The molecule has 0 aromatic heterocycles. The molecule has 0 amide bonds. The zero-order valence-corrected chi connectivity index (χ0v) is 12.1. The van der Waals surface area contributed by atoms with Gasteiger partial charge in [0.15, 0.2) is 0 Å². The third-order valence-electron chi connectivity index (χ3n) is 2.76. The quantitative estimate of drug-likeness (QED) is 0.345. The third-order valence-corrected chi connectivity index (χ3v) is 2.76. The lowest BCUT2D eigenvalue weighted by Gasteiger charge is -2.07. The van der Waals surface area contributed by atoms with Crippen LogP contribution in [0.1, 0.15) is 30.9 Å². The molecule has 0 atom stereocenters. The molecule has 0 aliphatic carbocycles. The van der Waals surface area contributed by atoms with Crippen LogP contribution in [0.2, 0.25) is 0 Å². The van der Waals surface area contributed by atoms with Gasteiger partial charge in [-0.05, 0) is 31.6 Å². The van der Waals surface area contributed by atoms with Crippen molar-refractivity contribution in [1.82, 2.24) is 0 Å². The fourth-order valence-electron chi connectivity index (χ4n) is 1.65. The van der Waals surface area contributed by atoms with Crippen molar-refractivity contribution in [3.05, 3.63) is 34.9 Å². The van der Waals surface area contributed by atoms with Crippen LogP contribution in [0, 0.1) is 18.3 Å². The first kappa shape index (κ1) is 15.8. The minimum absolute atomic E-state index is 0.0231. The Kier molecular flexibility index (Phi) is 6.31. The molecule has 106 valence electrons. The number of methoxy groups -OCH3 is 1. The molecule has 20 heavy (non-hydrogen) atoms. The van der Waals surface area contributed by atoms with E-state index >= 15 is 0 Å². The Balaban J connectivity index is 2.97. The van der Waals surface area contributed by atoms with Gasteiger partial charge in [0.2, 0.25) is 0 Å². The summed E-state index contributed by atoms with van der Waals surface area (Å²) in [5, 5.41) is 9.09. The lowest BCUT2D eigenvalue weighted by molar-refractivity contribution is -0.138. The largest absolute Gasteiger partial charge is 0.496 e. The van der Waals surface area contributed by atoms with Crippen molar-refractivity contribution >= 4 is 12.0 Å². The van der Waals surface area contributed by atoms with Crippen molar-refractivity contribution in [3.63, 3.8) is 0 Å². The summed E-state index contributed by atoms with van der Waals surface area (Å²) < 4.78 is 10.3. The molecular formula is C16H19NO3. The molecule has 0 bridgehead atoms. The van der Waals surface area contributed by atoms with E-state index in [1.165, 1.54) is 6.08 Å². The number of nitrogens with zero attached hydrogens (tertiary/aromatic N) is 1. The zero-order valence-electron chi connectivity index (χ0n) is 12.1. The topological polar surface area (TPSA) is 59.3 Å². The number of esters is 1. The number of carbonyl (C=O) groups is 1. The second-order valence-electron chi connectivity index (χ2n) is 4.40. The van der Waals surface area contributed by atoms with Gasteiger partial charge in [-0.1, -0.05) is 25.0 Å². The molecule has 4 heteroatoms. The first-order chi connectivity index (χ1) is 9.62. The SMILES string of the molecule is CCCCOC(=O)/C(C#N)=C/c1cc(C)ccc1OC. The Bertz CT molecular complexity index is 541. The van der Waals surface area contributed by atoms with E-state index in [2.05, 4.69) is 0 Å². The molecule has 0 fully saturated rings. The van der Waals surface area contributed by atoms with Crippen LogP contribution in [0.4, 0.5) is 0 Å². The smallest absolute Gasteiger partial charge is 0.348 e. The van der Waals surface area contributed by atoms with E-state index in [4.69, 9.17) is 14.7 Å². The number of aryl methyl sites for hydroxylation is 1. The molecule has 1 rings (SSSR count). The van der Waals surface area contributed by atoms with Crippen LogP contribution in [-0.4, -0.2) is 19.7 Å². The second kappa shape index (κ2) is 8.00. The molecule has 0 unspecified atom stereocenters. The fourth-order valence-corrected chi connectivity index (χ4v) is 1.65. The van der Waals surface area contributed by atoms with Gasteiger partial charge in [-0.15, -0.1) is 0 Å². The molecule has 0 aliphatic rings. The summed E-state index contributed by atoms with van der Waals surface area (Å²) in [6.45, 7) is 4.27. The number of unbranched alkanes of at least 4 members (excludes halogenated alkanes) is 1. The summed E-state index contributed by atoms with van der Waals surface area (Å²) in [5.74, 6) is 0.0224. The van der Waals surface area contributed by atoms with E-state index in [1.54, 1.807) is 13.2 Å². The third kappa shape index (κ3) is 4.43. The van der Waals surface area contributed by atoms with Crippen LogP contribution in [0.3, 0.4) is 0 Å². The van der Waals surface area contributed by atoms with Crippen molar-refractivity contribution in [1.29, 1.82) is 5.26 Å². The van der Waals surface area contributed by atoms with Crippen LogP contribution >= 0.6 is 0 Å².